The molecule has 5 aliphatic heterocycles. The zero-order valence-corrected chi connectivity index (χ0v) is 26.5. The minimum Gasteiger partial charge on any atom is -0.464 e. The van der Waals surface area contributed by atoms with Crippen molar-refractivity contribution in [1.29, 1.82) is 0 Å². The molecule has 11 nitrogen and oxygen atoms in total. The number of aliphatic hydroxyl groups excluding tert-OH is 2. The lowest BCUT2D eigenvalue weighted by atomic mass is 9.91. The second kappa shape index (κ2) is 19.1. The number of allylic oxidation sites excluding steroid dienone is 1. The Hall–Kier alpha value is -2.37. The molecule has 2 amide bonds. The number of aliphatic hydroxyl groups is 2. The van der Waals surface area contributed by atoms with Crippen molar-refractivity contribution in [1.82, 2.24) is 15.1 Å². The lowest BCUT2D eigenvalue weighted by Crippen LogP contribution is -2.41. The van der Waals surface area contributed by atoms with Crippen molar-refractivity contribution in [3.8, 4) is 0 Å². The first kappa shape index (κ1) is 38.7. The van der Waals surface area contributed by atoms with E-state index >= 15 is 0 Å². The highest BCUT2D eigenvalue weighted by Gasteiger charge is 2.50. The zero-order chi connectivity index (χ0) is 32.6. The monoisotopic (exact) mass is 633 g/mol. The van der Waals surface area contributed by atoms with Crippen LogP contribution in [0.25, 0.3) is 0 Å². The highest BCUT2D eigenvalue weighted by Crippen LogP contribution is 2.42. The van der Waals surface area contributed by atoms with Crippen LogP contribution < -0.4 is 5.32 Å². The molecule has 0 saturated carbocycles. The fraction of sp³-hybridized carbons (Fsp3) is 0.800. The van der Waals surface area contributed by atoms with Crippen molar-refractivity contribution in [3.05, 3.63) is 12.2 Å². The molecular weight excluding hydrogens is 585 g/mol. The average molecular weight is 634 g/mol. The Morgan fingerprint density at radius 2 is 1.84 bits per heavy atom. The van der Waals surface area contributed by atoms with E-state index in [9.17, 15) is 23.9 Å². The highest BCUT2D eigenvalue weighted by atomic mass is 35.5. The van der Waals surface area contributed by atoms with Gasteiger partial charge in [0, 0.05) is 49.3 Å². The molecule has 5 atom stereocenters. The predicted octanol–water partition coefficient (Wildman–Crippen LogP) is 2.51. The van der Waals surface area contributed by atoms with E-state index in [1.54, 1.807) is 6.92 Å². The van der Waals surface area contributed by atoms with Gasteiger partial charge in [-0.05, 0) is 58.4 Å². The van der Waals surface area contributed by atoms with Crippen molar-refractivity contribution in [2.24, 2.45) is 0 Å². The van der Waals surface area contributed by atoms with Crippen LogP contribution in [0, 0.1) is 0 Å². The van der Waals surface area contributed by atoms with Crippen LogP contribution in [0.5, 0.6) is 0 Å². The lowest BCUT2D eigenvalue weighted by molar-refractivity contribution is -0.191. The van der Waals surface area contributed by atoms with Gasteiger partial charge in [0.2, 0.25) is 11.8 Å². The Bertz CT molecular complexity index is 960. The summed E-state index contributed by atoms with van der Waals surface area (Å²) in [5.41, 5.74) is 0.965. The quantitative estimate of drug-likeness (QED) is 0.227. The summed E-state index contributed by atoms with van der Waals surface area (Å²) in [6.07, 6.45) is 7.30. The molecule has 5 rings (SSSR count). The lowest BCUT2D eigenvalue weighted by Gasteiger charge is -2.30. The normalized spacial score (nSPS) is 30.0. The van der Waals surface area contributed by atoms with Crippen LogP contribution in [-0.2, 0) is 28.7 Å². The largest absolute Gasteiger partial charge is 0.464 e. The number of carbonyl (C=O) groups excluding carboxylic acids is 5. The summed E-state index contributed by atoms with van der Waals surface area (Å²) in [7, 11) is 0. The number of nitrogens with one attached hydrogen (secondary N) is 1. The summed E-state index contributed by atoms with van der Waals surface area (Å²) in [6, 6.07) is -0.401. The fourth-order valence-electron chi connectivity index (χ4n) is 6.21. The van der Waals surface area contributed by atoms with E-state index in [1.165, 1.54) is 0 Å². The molecule has 0 aromatic heterocycles. The highest BCUT2D eigenvalue weighted by molar-refractivity contribution is 6.19. The van der Waals surface area contributed by atoms with Gasteiger partial charge in [-0.25, -0.2) is 9.18 Å². The molecule has 246 valence electrons. The molecule has 5 heterocycles. The molecule has 5 saturated heterocycles. The summed E-state index contributed by atoms with van der Waals surface area (Å²) in [6.45, 7) is 12.1. The number of rotatable bonds is 6. The van der Waals surface area contributed by atoms with Crippen molar-refractivity contribution in [2.45, 2.75) is 114 Å². The van der Waals surface area contributed by atoms with Gasteiger partial charge < -0.3 is 25.2 Å². The molecule has 0 aliphatic carbocycles. The van der Waals surface area contributed by atoms with Gasteiger partial charge in [-0.1, -0.05) is 26.0 Å². The van der Waals surface area contributed by atoms with Gasteiger partial charge in [-0.3, -0.25) is 14.5 Å². The molecule has 0 bridgehead atoms. The number of alkyl halides is 2. The van der Waals surface area contributed by atoms with Gasteiger partial charge >= 0.3 is 12.1 Å². The number of hydrogen-bond acceptors (Lipinski definition) is 9. The second-order valence-electron chi connectivity index (χ2n) is 11.4. The average Bonchev–Trinajstić information content (AvgIpc) is 3.79. The molecular formula is C30H49ClFN3O8. The van der Waals surface area contributed by atoms with E-state index in [2.05, 4.69) is 23.7 Å². The standard InChI is InChI=1S/C9H15NO2.C8H14FNO.C7H11NO3.C5H9Cl.CO2/c1-2-9-4-3-8(12)10(9)6-7(11)5-9;9-7-4-8(6-11)2-1-3-10(8)5-7;1-2-11-7(10)5-3-4-6(9)8-5;1-3-5(2)4-6;2-1-3/h7,11H,2-6H2,1H3;7,11H,1-6H2;5H,2-4H2,1H3,(H,8,9);2-4H2,1H3;/t7-,9+;7-,8+;;;/m01.../s1. The van der Waals surface area contributed by atoms with Gasteiger partial charge in [-0.2, -0.15) is 9.59 Å². The molecule has 43 heavy (non-hydrogen) atoms. The molecule has 0 aromatic rings. The van der Waals surface area contributed by atoms with Crippen LogP contribution in [0.3, 0.4) is 0 Å². The van der Waals surface area contributed by atoms with Crippen molar-refractivity contribution in [2.75, 3.05) is 38.7 Å². The van der Waals surface area contributed by atoms with Crippen molar-refractivity contribution >= 4 is 35.5 Å². The minimum absolute atomic E-state index is 0.0243. The first-order valence-electron chi connectivity index (χ1n) is 15.1. The maximum absolute atomic E-state index is 12.9. The number of amides is 2. The van der Waals surface area contributed by atoms with E-state index in [-0.39, 0.29) is 47.7 Å². The molecule has 0 aromatic carbocycles. The van der Waals surface area contributed by atoms with Gasteiger partial charge in [0.05, 0.1) is 19.3 Å². The van der Waals surface area contributed by atoms with Crippen LogP contribution in [0.4, 0.5) is 4.39 Å². The SMILES string of the molecule is C=C(CC)CCl.CCOC(=O)C1CCC(=O)N1.CC[C@]12CCC(=O)N1C[C@@H](O)C2.O=C=O.OC[C@@]12CCCN1C[C@H](F)C2. The molecule has 3 N–H and O–H groups in total. The maximum Gasteiger partial charge on any atom is 0.373 e. The third-order valence-corrected chi connectivity index (χ3v) is 9.03. The van der Waals surface area contributed by atoms with Crippen LogP contribution >= 0.6 is 11.6 Å². The Morgan fingerprint density at radius 3 is 2.28 bits per heavy atom. The molecule has 5 fully saturated rings. The van der Waals surface area contributed by atoms with E-state index in [4.69, 9.17) is 31.0 Å². The van der Waals surface area contributed by atoms with E-state index in [0.717, 1.165) is 50.6 Å². The number of ether oxygens (including phenoxy) is 1. The number of fused-ring (bicyclic) bond motifs is 2. The molecule has 1 unspecified atom stereocenters. The van der Waals surface area contributed by atoms with Crippen LogP contribution in [-0.4, -0.2) is 112 Å². The predicted molar refractivity (Wildman–Crippen MR) is 158 cm³/mol. The number of hydrogen-bond donors (Lipinski definition) is 3. The van der Waals surface area contributed by atoms with Crippen LogP contribution in [0.1, 0.15) is 85.0 Å². The Morgan fingerprint density at radius 1 is 1.16 bits per heavy atom. The number of carbonyl (C=O) groups is 3. The van der Waals surface area contributed by atoms with Gasteiger partial charge in [0.1, 0.15) is 12.2 Å². The Kier molecular flexibility index (Phi) is 17.2. The van der Waals surface area contributed by atoms with E-state index in [0.29, 0.717) is 51.3 Å². The Labute approximate surface area is 259 Å². The molecule has 5 aliphatic rings. The number of β-amino-alcohol motifs (C(OH)–C–C–N with tert-alkyl or cyclic N) is 1. The third kappa shape index (κ3) is 11.2. The second-order valence-corrected chi connectivity index (χ2v) is 11.7. The van der Waals surface area contributed by atoms with Crippen molar-refractivity contribution in [3.63, 3.8) is 0 Å². The zero-order valence-electron chi connectivity index (χ0n) is 25.7. The first-order chi connectivity index (χ1) is 20.4. The van der Waals surface area contributed by atoms with Crippen molar-refractivity contribution < 1.29 is 43.3 Å². The molecule has 13 heteroatoms. The summed E-state index contributed by atoms with van der Waals surface area (Å²) in [5, 5.41) is 21.1. The first-order valence-corrected chi connectivity index (χ1v) is 15.6. The fourth-order valence-corrected chi connectivity index (χ4v) is 6.39. The van der Waals surface area contributed by atoms with Crippen LogP contribution in [0.2, 0.25) is 0 Å². The Balaban J connectivity index is 0.000000284. The van der Waals surface area contributed by atoms with E-state index < -0.39 is 12.2 Å². The van der Waals surface area contributed by atoms with Gasteiger partial charge in [0.15, 0.2) is 0 Å². The third-order valence-electron chi connectivity index (χ3n) is 8.66. The number of esters is 1. The summed E-state index contributed by atoms with van der Waals surface area (Å²) in [5.74, 6) is 0.450. The van der Waals surface area contributed by atoms with Gasteiger partial charge in [0.25, 0.3) is 0 Å². The topological polar surface area (TPSA) is 154 Å². The minimum atomic E-state index is -0.706. The summed E-state index contributed by atoms with van der Waals surface area (Å²) < 4.78 is 17.6. The molecule has 0 radical (unpaired) electrons. The smallest absolute Gasteiger partial charge is 0.373 e. The molecule has 0 spiro atoms. The van der Waals surface area contributed by atoms with Gasteiger partial charge in [-0.15, -0.1) is 11.6 Å². The maximum atomic E-state index is 12.9. The number of nitrogens with zero attached hydrogens (tertiary/aromatic N) is 2. The number of halogens is 2. The summed E-state index contributed by atoms with van der Waals surface area (Å²) >= 11 is 5.35. The van der Waals surface area contributed by atoms with Crippen LogP contribution in [0.15, 0.2) is 12.2 Å². The van der Waals surface area contributed by atoms with E-state index in [1.807, 2.05) is 11.8 Å². The summed E-state index contributed by atoms with van der Waals surface area (Å²) in [4.78, 5) is 53.2.